The normalized spacial score (nSPS) is 15.4. The van der Waals surface area contributed by atoms with E-state index >= 15 is 0 Å². The van der Waals surface area contributed by atoms with Crippen LogP contribution >= 0.6 is 27.7 Å². The van der Waals surface area contributed by atoms with Crippen molar-refractivity contribution in [2.45, 2.75) is 17.6 Å². The van der Waals surface area contributed by atoms with E-state index in [1.807, 2.05) is 60.7 Å². The van der Waals surface area contributed by atoms with Crippen LogP contribution in [-0.4, -0.2) is 44.7 Å². The lowest BCUT2D eigenvalue weighted by molar-refractivity contribution is -0.130. The Kier molecular flexibility index (Phi) is 6.50. The molecule has 10 heteroatoms. The number of hydrogen-bond donors (Lipinski definition) is 1. The number of carbonyl (C=O) groups is 1. The molecular formula is C24H20BrN5O3S. The molecule has 1 N–H and O–H groups in total. The van der Waals surface area contributed by atoms with Crippen molar-refractivity contribution in [3.63, 3.8) is 0 Å². The highest BCUT2D eigenvalue weighted by atomic mass is 79.9. The molecule has 3 heterocycles. The monoisotopic (exact) mass is 537 g/mol. The largest absolute Gasteiger partial charge is 0.497 e. The van der Waals surface area contributed by atoms with Crippen molar-refractivity contribution >= 4 is 39.3 Å². The molecule has 172 valence electrons. The maximum atomic E-state index is 13.2. The fourth-order valence-electron chi connectivity index (χ4n) is 3.64. The molecule has 0 aliphatic carbocycles. The van der Waals surface area contributed by atoms with Crippen molar-refractivity contribution in [1.82, 2.24) is 20.2 Å². The number of nitrogens with one attached hydrogen (secondary N) is 1. The summed E-state index contributed by atoms with van der Waals surface area (Å²) in [5.74, 6) is 2.11. The van der Waals surface area contributed by atoms with Gasteiger partial charge in [0.05, 0.1) is 24.8 Å². The van der Waals surface area contributed by atoms with E-state index in [0.717, 1.165) is 27.1 Å². The van der Waals surface area contributed by atoms with E-state index in [-0.39, 0.29) is 17.7 Å². The molecule has 2 aromatic heterocycles. The van der Waals surface area contributed by atoms with Crippen molar-refractivity contribution in [2.24, 2.45) is 5.10 Å². The summed E-state index contributed by atoms with van der Waals surface area (Å²) >= 11 is 4.69. The van der Waals surface area contributed by atoms with E-state index in [1.54, 1.807) is 13.4 Å². The Bertz CT molecular complexity index is 1300. The van der Waals surface area contributed by atoms with E-state index in [2.05, 4.69) is 36.2 Å². The van der Waals surface area contributed by atoms with E-state index in [4.69, 9.17) is 9.15 Å². The minimum atomic E-state index is -0.300. The Morgan fingerprint density at radius 1 is 1.18 bits per heavy atom. The zero-order chi connectivity index (χ0) is 23.5. The van der Waals surface area contributed by atoms with Crippen molar-refractivity contribution in [3.05, 3.63) is 82.7 Å². The van der Waals surface area contributed by atoms with Crippen LogP contribution in [-0.2, 0) is 4.79 Å². The number of halogens is 1. The number of thioether (sulfide) groups is 1. The van der Waals surface area contributed by atoms with E-state index in [9.17, 15) is 4.79 Å². The third-order valence-electron chi connectivity index (χ3n) is 5.37. The summed E-state index contributed by atoms with van der Waals surface area (Å²) in [5, 5.41) is 13.8. The van der Waals surface area contributed by atoms with Crippen LogP contribution < -0.4 is 4.74 Å². The van der Waals surface area contributed by atoms with E-state index in [0.29, 0.717) is 23.2 Å². The highest BCUT2D eigenvalue weighted by Gasteiger charge is 2.34. The third-order valence-corrected chi connectivity index (χ3v) is 6.73. The van der Waals surface area contributed by atoms with Gasteiger partial charge < -0.3 is 9.15 Å². The van der Waals surface area contributed by atoms with Crippen LogP contribution in [0.2, 0.25) is 0 Å². The van der Waals surface area contributed by atoms with Gasteiger partial charge in [0.2, 0.25) is 5.16 Å². The number of rotatable bonds is 7. The number of aromatic amines is 1. The number of amides is 1. The summed E-state index contributed by atoms with van der Waals surface area (Å²) in [4.78, 5) is 17.7. The molecule has 2 aromatic carbocycles. The molecule has 34 heavy (non-hydrogen) atoms. The molecule has 4 aromatic rings. The molecule has 5 rings (SSSR count). The lowest BCUT2D eigenvalue weighted by Crippen LogP contribution is -2.28. The Hall–Kier alpha value is -3.37. The number of ether oxygens (including phenoxy) is 1. The highest BCUT2D eigenvalue weighted by molar-refractivity contribution is 9.10. The van der Waals surface area contributed by atoms with Gasteiger partial charge in [-0.1, -0.05) is 39.8 Å². The second-order valence-corrected chi connectivity index (χ2v) is 9.37. The van der Waals surface area contributed by atoms with Crippen molar-refractivity contribution < 1.29 is 13.9 Å². The third kappa shape index (κ3) is 4.78. The maximum Gasteiger partial charge on any atom is 0.253 e. The summed E-state index contributed by atoms with van der Waals surface area (Å²) in [7, 11) is 1.63. The van der Waals surface area contributed by atoms with Crippen molar-refractivity contribution in [1.29, 1.82) is 0 Å². The van der Waals surface area contributed by atoms with Crippen LogP contribution in [0.3, 0.4) is 0 Å². The number of H-pyrrole nitrogens is 1. The second-order valence-electron chi connectivity index (χ2n) is 7.51. The summed E-state index contributed by atoms with van der Waals surface area (Å²) < 4.78 is 11.8. The lowest BCUT2D eigenvalue weighted by Gasteiger charge is -2.19. The van der Waals surface area contributed by atoms with E-state index in [1.165, 1.54) is 16.8 Å². The average Bonchev–Trinajstić information content (AvgIpc) is 3.64. The van der Waals surface area contributed by atoms with Gasteiger partial charge >= 0.3 is 0 Å². The first-order valence-electron chi connectivity index (χ1n) is 10.5. The SMILES string of the molecule is COc1ccc(C2=NN(C(=O)CSc3n[nH]c(-c4ccc(Br)cc4)n3)[C@H](c3ccco3)C2)cc1. The Morgan fingerprint density at radius 2 is 1.94 bits per heavy atom. The van der Waals surface area contributed by atoms with Gasteiger partial charge in [0, 0.05) is 16.5 Å². The number of methoxy groups -OCH3 is 1. The molecule has 0 fully saturated rings. The fraction of sp³-hybridized carbons (Fsp3) is 0.167. The number of furan rings is 1. The molecule has 1 amide bonds. The predicted molar refractivity (Wildman–Crippen MR) is 133 cm³/mol. The molecule has 0 radical (unpaired) electrons. The average molecular weight is 538 g/mol. The molecule has 0 saturated carbocycles. The Labute approximate surface area is 208 Å². The molecule has 0 spiro atoms. The van der Waals surface area contributed by atoms with Crippen LogP contribution in [0.4, 0.5) is 0 Å². The molecule has 1 aliphatic rings. The quantitative estimate of drug-likeness (QED) is 0.321. The topological polar surface area (TPSA) is 96.6 Å². The summed E-state index contributed by atoms with van der Waals surface area (Å²) in [6.45, 7) is 0. The molecule has 0 saturated heterocycles. The van der Waals surface area contributed by atoms with E-state index < -0.39 is 0 Å². The summed E-state index contributed by atoms with van der Waals surface area (Å²) in [5.41, 5.74) is 2.67. The first-order valence-corrected chi connectivity index (χ1v) is 12.3. The molecule has 1 aliphatic heterocycles. The first kappa shape index (κ1) is 22.4. The van der Waals surface area contributed by atoms with Gasteiger partial charge in [-0.25, -0.2) is 9.99 Å². The molecule has 8 nitrogen and oxygen atoms in total. The van der Waals surface area contributed by atoms with Gasteiger partial charge in [-0.2, -0.15) is 5.10 Å². The number of hydrogen-bond acceptors (Lipinski definition) is 7. The standard InChI is InChI=1S/C24H20BrN5O3S/c1-32-18-10-6-15(7-11-18)19-13-20(21-3-2-12-33-21)30(29-19)22(31)14-34-24-26-23(27-28-24)16-4-8-17(25)9-5-16/h2-12,20H,13-14H2,1H3,(H,26,27,28)/t20-/m0/s1. The minimum Gasteiger partial charge on any atom is -0.497 e. The van der Waals surface area contributed by atoms with Gasteiger partial charge in [-0.05, 0) is 54.1 Å². The predicted octanol–water partition coefficient (Wildman–Crippen LogP) is 5.31. The molecule has 1 atom stereocenters. The number of hydrazone groups is 1. The number of aromatic nitrogens is 3. The Morgan fingerprint density at radius 3 is 2.65 bits per heavy atom. The number of carbonyl (C=O) groups excluding carboxylic acids is 1. The van der Waals surface area contributed by atoms with Crippen LogP contribution in [0.1, 0.15) is 23.8 Å². The lowest BCUT2D eigenvalue weighted by atomic mass is 10.0. The van der Waals surface area contributed by atoms with Crippen molar-refractivity contribution in [2.75, 3.05) is 12.9 Å². The van der Waals surface area contributed by atoms with Crippen LogP contribution in [0.25, 0.3) is 11.4 Å². The fourth-order valence-corrected chi connectivity index (χ4v) is 4.56. The number of nitrogens with zero attached hydrogens (tertiary/aromatic N) is 4. The summed E-state index contributed by atoms with van der Waals surface area (Å²) in [6, 6.07) is 18.8. The van der Waals surface area contributed by atoms with Gasteiger partial charge in [-0.3, -0.25) is 9.89 Å². The first-order chi connectivity index (χ1) is 16.6. The molecular weight excluding hydrogens is 518 g/mol. The van der Waals surface area contributed by atoms with Gasteiger partial charge in [0.25, 0.3) is 5.91 Å². The van der Waals surface area contributed by atoms with Crippen LogP contribution in [0.15, 0.2) is 86.1 Å². The molecule has 0 unspecified atom stereocenters. The maximum absolute atomic E-state index is 13.2. The summed E-state index contributed by atoms with van der Waals surface area (Å²) in [6.07, 6.45) is 2.17. The minimum absolute atomic E-state index is 0.147. The zero-order valence-electron chi connectivity index (χ0n) is 18.1. The smallest absolute Gasteiger partial charge is 0.253 e. The second kappa shape index (κ2) is 9.86. The van der Waals surface area contributed by atoms with Gasteiger partial charge in [0.1, 0.15) is 17.6 Å². The van der Waals surface area contributed by atoms with Gasteiger partial charge in [0.15, 0.2) is 5.82 Å². The molecule has 0 bridgehead atoms. The Balaban J connectivity index is 1.31. The number of benzene rings is 2. The zero-order valence-corrected chi connectivity index (χ0v) is 20.5. The van der Waals surface area contributed by atoms with Crippen LogP contribution in [0, 0.1) is 0 Å². The van der Waals surface area contributed by atoms with Crippen LogP contribution in [0.5, 0.6) is 5.75 Å². The highest BCUT2D eigenvalue weighted by Crippen LogP contribution is 2.34. The van der Waals surface area contributed by atoms with Crippen molar-refractivity contribution in [3.8, 4) is 17.1 Å². The van der Waals surface area contributed by atoms with Gasteiger partial charge in [-0.15, -0.1) is 5.10 Å².